The molecular weight excluding hydrogens is 190 g/mol. The lowest BCUT2D eigenvalue weighted by molar-refractivity contribution is 0.203. The van der Waals surface area contributed by atoms with Gasteiger partial charge in [0.2, 0.25) is 0 Å². The number of amides is 2. The second-order valence-electron chi connectivity index (χ2n) is 4.77. The van der Waals surface area contributed by atoms with Crippen molar-refractivity contribution in [3.8, 4) is 0 Å². The summed E-state index contributed by atoms with van der Waals surface area (Å²) in [6, 6.07) is 0.548. The Bertz CT molecular complexity index is 226. The smallest absolute Gasteiger partial charge is 0.317 e. The van der Waals surface area contributed by atoms with Gasteiger partial charge >= 0.3 is 6.03 Å². The minimum atomic E-state index is 0.123. The van der Waals surface area contributed by atoms with E-state index in [1.54, 1.807) is 0 Å². The van der Waals surface area contributed by atoms with Crippen LogP contribution in [0.2, 0.25) is 0 Å². The summed E-state index contributed by atoms with van der Waals surface area (Å²) in [5.41, 5.74) is 5.60. The Labute approximate surface area is 91.2 Å². The third-order valence-electron chi connectivity index (χ3n) is 3.59. The van der Waals surface area contributed by atoms with E-state index >= 15 is 0 Å². The lowest BCUT2D eigenvalue weighted by atomic mass is 10.1. The van der Waals surface area contributed by atoms with Gasteiger partial charge in [0, 0.05) is 19.1 Å². The maximum Gasteiger partial charge on any atom is 0.317 e. The van der Waals surface area contributed by atoms with E-state index in [1.165, 1.54) is 12.8 Å². The molecule has 1 saturated carbocycles. The molecule has 0 aromatic rings. The highest BCUT2D eigenvalue weighted by molar-refractivity contribution is 5.74. The van der Waals surface area contributed by atoms with Crippen molar-refractivity contribution in [2.24, 2.45) is 11.7 Å². The van der Waals surface area contributed by atoms with Gasteiger partial charge in [0.25, 0.3) is 0 Å². The number of nitrogens with zero attached hydrogens (tertiary/aromatic N) is 1. The van der Waals surface area contributed by atoms with Crippen molar-refractivity contribution in [3.63, 3.8) is 0 Å². The SMILES string of the molecule is NCC1CCN(C(=O)NC2CCCC2)C1. The van der Waals surface area contributed by atoms with E-state index < -0.39 is 0 Å². The molecule has 0 aromatic carbocycles. The lowest BCUT2D eigenvalue weighted by Gasteiger charge is -2.20. The van der Waals surface area contributed by atoms with Crippen molar-refractivity contribution in [3.05, 3.63) is 0 Å². The number of likely N-dealkylation sites (tertiary alicyclic amines) is 1. The third kappa shape index (κ3) is 2.62. The molecule has 2 aliphatic rings. The highest BCUT2D eigenvalue weighted by Crippen LogP contribution is 2.19. The zero-order chi connectivity index (χ0) is 10.7. The summed E-state index contributed by atoms with van der Waals surface area (Å²) in [5, 5.41) is 3.11. The van der Waals surface area contributed by atoms with Gasteiger partial charge in [-0.1, -0.05) is 12.8 Å². The van der Waals surface area contributed by atoms with Crippen LogP contribution in [0.3, 0.4) is 0 Å². The second kappa shape index (κ2) is 4.84. The molecule has 2 amide bonds. The van der Waals surface area contributed by atoms with Crippen LogP contribution >= 0.6 is 0 Å². The normalized spacial score (nSPS) is 27.3. The Morgan fingerprint density at radius 1 is 1.33 bits per heavy atom. The second-order valence-corrected chi connectivity index (χ2v) is 4.77. The molecule has 15 heavy (non-hydrogen) atoms. The molecule has 1 aliphatic heterocycles. The first-order chi connectivity index (χ1) is 7.29. The maximum atomic E-state index is 11.8. The predicted octanol–water partition coefficient (Wildman–Crippen LogP) is 0.919. The molecule has 0 aromatic heterocycles. The highest BCUT2D eigenvalue weighted by Gasteiger charge is 2.27. The minimum Gasteiger partial charge on any atom is -0.335 e. The van der Waals surface area contributed by atoms with Crippen LogP contribution in [0.1, 0.15) is 32.1 Å². The molecule has 1 aliphatic carbocycles. The molecule has 1 atom stereocenters. The van der Waals surface area contributed by atoms with E-state index in [2.05, 4.69) is 5.32 Å². The number of hydrogen-bond acceptors (Lipinski definition) is 2. The minimum absolute atomic E-state index is 0.123. The molecule has 1 heterocycles. The predicted molar refractivity (Wildman–Crippen MR) is 59.5 cm³/mol. The number of rotatable bonds is 2. The monoisotopic (exact) mass is 211 g/mol. The van der Waals surface area contributed by atoms with Gasteiger partial charge < -0.3 is 16.0 Å². The first kappa shape index (κ1) is 10.7. The Balaban J connectivity index is 1.76. The Hall–Kier alpha value is -0.770. The van der Waals surface area contributed by atoms with E-state index in [0.717, 1.165) is 32.4 Å². The molecule has 0 radical (unpaired) electrons. The van der Waals surface area contributed by atoms with Gasteiger partial charge in [-0.15, -0.1) is 0 Å². The molecule has 0 bridgehead atoms. The fourth-order valence-corrected chi connectivity index (χ4v) is 2.55. The standard InChI is InChI=1S/C11H21N3O/c12-7-9-5-6-14(8-9)11(15)13-10-3-1-2-4-10/h9-10H,1-8,12H2,(H,13,15). The molecule has 0 spiro atoms. The molecule has 2 rings (SSSR count). The molecule has 3 N–H and O–H groups in total. The summed E-state index contributed by atoms with van der Waals surface area (Å²) in [7, 11) is 0. The molecule has 1 unspecified atom stereocenters. The van der Waals surface area contributed by atoms with Gasteiger partial charge in [-0.3, -0.25) is 0 Å². The van der Waals surface area contributed by atoms with Crippen molar-refractivity contribution >= 4 is 6.03 Å². The van der Waals surface area contributed by atoms with E-state index in [1.807, 2.05) is 4.90 Å². The van der Waals surface area contributed by atoms with Gasteiger partial charge in [-0.25, -0.2) is 4.79 Å². The van der Waals surface area contributed by atoms with Crippen LogP contribution < -0.4 is 11.1 Å². The number of nitrogens with two attached hydrogens (primary N) is 1. The number of carbonyl (C=O) groups excluding carboxylic acids is 1. The van der Waals surface area contributed by atoms with E-state index in [0.29, 0.717) is 18.5 Å². The van der Waals surface area contributed by atoms with Crippen molar-refractivity contribution in [2.75, 3.05) is 19.6 Å². The van der Waals surface area contributed by atoms with Gasteiger partial charge in [0.15, 0.2) is 0 Å². The largest absolute Gasteiger partial charge is 0.335 e. The van der Waals surface area contributed by atoms with Crippen LogP contribution in [-0.4, -0.2) is 36.6 Å². The first-order valence-electron chi connectivity index (χ1n) is 6.05. The molecule has 2 fully saturated rings. The zero-order valence-corrected chi connectivity index (χ0v) is 9.24. The van der Waals surface area contributed by atoms with Gasteiger partial charge in [0.1, 0.15) is 0 Å². The number of hydrogen-bond donors (Lipinski definition) is 2. The van der Waals surface area contributed by atoms with Crippen LogP contribution in [0.4, 0.5) is 4.79 Å². The summed E-state index contributed by atoms with van der Waals surface area (Å²) < 4.78 is 0. The fourth-order valence-electron chi connectivity index (χ4n) is 2.55. The van der Waals surface area contributed by atoms with Gasteiger partial charge in [-0.05, 0) is 31.7 Å². The van der Waals surface area contributed by atoms with Crippen LogP contribution in [-0.2, 0) is 0 Å². The number of carbonyl (C=O) groups is 1. The van der Waals surface area contributed by atoms with Gasteiger partial charge in [0.05, 0.1) is 0 Å². The summed E-state index contributed by atoms with van der Waals surface area (Å²) in [6.07, 6.45) is 5.89. The molecule has 4 heteroatoms. The summed E-state index contributed by atoms with van der Waals surface area (Å²) in [4.78, 5) is 13.7. The maximum absolute atomic E-state index is 11.8. The summed E-state index contributed by atoms with van der Waals surface area (Å²) in [5.74, 6) is 0.513. The van der Waals surface area contributed by atoms with Crippen LogP contribution in [0.15, 0.2) is 0 Å². The topological polar surface area (TPSA) is 58.4 Å². The number of urea groups is 1. The van der Waals surface area contributed by atoms with E-state index in [9.17, 15) is 4.79 Å². The zero-order valence-electron chi connectivity index (χ0n) is 9.24. The van der Waals surface area contributed by atoms with Crippen molar-refractivity contribution < 1.29 is 4.79 Å². The van der Waals surface area contributed by atoms with Crippen molar-refractivity contribution in [2.45, 2.75) is 38.1 Å². The van der Waals surface area contributed by atoms with E-state index in [4.69, 9.17) is 5.73 Å². The van der Waals surface area contributed by atoms with Crippen LogP contribution in [0, 0.1) is 5.92 Å². The van der Waals surface area contributed by atoms with Crippen LogP contribution in [0.25, 0.3) is 0 Å². The van der Waals surface area contributed by atoms with Gasteiger partial charge in [-0.2, -0.15) is 0 Å². The highest BCUT2D eigenvalue weighted by atomic mass is 16.2. The van der Waals surface area contributed by atoms with Crippen LogP contribution in [0.5, 0.6) is 0 Å². The first-order valence-corrected chi connectivity index (χ1v) is 6.05. The average molecular weight is 211 g/mol. The summed E-state index contributed by atoms with van der Waals surface area (Å²) >= 11 is 0. The average Bonchev–Trinajstić information content (AvgIpc) is 2.86. The van der Waals surface area contributed by atoms with E-state index in [-0.39, 0.29) is 6.03 Å². The van der Waals surface area contributed by atoms with Crippen molar-refractivity contribution in [1.29, 1.82) is 0 Å². The molecule has 1 saturated heterocycles. The quantitative estimate of drug-likeness (QED) is 0.713. The molecule has 86 valence electrons. The Morgan fingerprint density at radius 2 is 2.07 bits per heavy atom. The Morgan fingerprint density at radius 3 is 2.67 bits per heavy atom. The Kier molecular flexibility index (Phi) is 3.46. The third-order valence-corrected chi connectivity index (χ3v) is 3.59. The lowest BCUT2D eigenvalue weighted by Crippen LogP contribution is -2.43. The fraction of sp³-hybridized carbons (Fsp3) is 0.909. The number of nitrogens with one attached hydrogen (secondary N) is 1. The molecule has 4 nitrogen and oxygen atoms in total. The molecular formula is C11H21N3O. The summed E-state index contributed by atoms with van der Waals surface area (Å²) in [6.45, 7) is 2.42. The van der Waals surface area contributed by atoms with Crippen molar-refractivity contribution in [1.82, 2.24) is 10.2 Å².